The molecular formula is C12H9ClN2O3. The third-order valence-electron chi connectivity index (χ3n) is 2.26. The van der Waals surface area contributed by atoms with Crippen molar-refractivity contribution in [2.45, 2.75) is 6.42 Å². The van der Waals surface area contributed by atoms with Gasteiger partial charge < -0.3 is 10.4 Å². The highest BCUT2D eigenvalue weighted by Gasteiger charge is 2.11. The quantitative estimate of drug-likeness (QED) is 0.834. The van der Waals surface area contributed by atoms with Gasteiger partial charge in [0.25, 0.3) is 0 Å². The molecule has 0 bridgehead atoms. The second kappa shape index (κ2) is 5.01. The highest BCUT2D eigenvalue weighted by Crippen LogP contribution is 2.26. The van der Waals surface area contributed by atoms with Crippen molar-refractivity contribution in [3.8, 4) is 0 Å². The summed E-state index contributed by atoms with van der Waals surface area (Å²) in [4.78, 5) is 26.0. The molecule has 0 atom stereocenters. The number of carboxylic acid groups (broad SMARTS) is 1. The van der Waals surface area contributed by atoms with E-state index in [0.29, 0.717) is 16.2 Å². The number of anilines is 1. The van der Waals surface area contributed by atoms with Crippen LogP contribution in [0, 0.1) is 0 Å². The minimum Gasteiger partial charge on any atom is -0.481 e. The first-order valence-corrected chi connectivity index (χ1v) is 5.50. The van der Waals surface area contributed by atoms with E-state index in [0.717, 1.165) is 5.39 Å². The van der Waals surface area contributed by atoms with Gasteiger partial charge in [-0.2, -0.15) is 0 Å². The zero-order chi connectivity index (χ0) is 13.1. The number of fused-ring (bicyclic) bond motifs is 1. The van der Waals surface area contributed by atoms with Crippen LogP contribution < -0.4 is 5.32 Å². The van der Waals surface area contributed by atoms with E-state index in [1.165, 1.54) is 6.07 Å². The number of aromatic nitrogens is 1. The molecule has 0 fully saturated rings. The summed E-state index contributed by atoms with van der Waals surface area (Å²) in [7, 11) is 0. The van der Waals surface area contributed by atoms with Gasteiger partial charge in [-0.15, -0.1) is 0 Å². The van der Waals surface area contributed by atoms with E-state index in [1.807, 2.05) is 0 Å². The van der Waals surface area contributed by atoms with E-state index in [1.54, 1.807) is 24.4 Å². The van der Waals surface area contributed by atoms with Gasteiger partial charge in [0.05, 0.1) is 11.2 Å². The summed E-state index contributed by atoms with van der Waals surface area (Å²) in [5.41, 5.74) is 0.977. The van der Waals surface area contributed by atoms with Crippen LogP contribution >= 0.6 is 11.6 Å². The zero-order valence-electron chi connectivity index (χ0n) is 9.18. The number of benzene rings is 1. The molecule has 1 aromatic carbocycles. The monoisotopic (exact) mass is 264 g/mol. The predicted molar refractivity (Wildman–Crippen MR) is 67.6 cm³/mol. The van der Waals surface area contributed by atoms with Crippen LogP contribution in [0.15, 0.2) is 30.5 Å². The van der Waals surface area contributed by atoms with Crippen LogP contribution in [0.1, 0.15) is 6.42 Å². The van der Waals surface area contributed by atoms with E-state index >= 15 is 0 Å². The molecule has 18 heavy (non-hydrogen) atoms. The Morgan fingerprint density at radius 2 is 2.17 bits per heavy atom. The van der Waals surface area contributed by atoms with Gasteiger partial charge in [0.15, 0.2) is 0 Å². The van der Waals surface area contributed by atoms with Gasteiger partial charge >= 0.3 is 5.97 Å². The van der Waals surface area contributed by atoms with Crippen LogP contribution in [0.4, 0.5) is 5.69 Å². The molecule has 0 saturated heterocycles. The second-order valence-corrected chi connectivity index (χ2v) is 4.08. The lowest BCUT2D eigenvalue weighted by atomic mass is 10.2. The number of carbonyl (C=O) groups excluding carboxylic acids is 1. The maximum absolute atomic E-state index is 11.4. The molecule has 0 radical (unpaired) electrons. The van der Waals surface area contributed by atoms with Gasteiger partial charge in [0.1, 0.15) is 6.42 Å². The lowest BCUT2D eigenvalue weighted by molar-refractivity contribution is -0.139. The molecule has 1 amide bonds. The molecule has 0 aliphatic carbocycles. The molecule has 6 heteroatoms. The molecular weight excluding hydrogens is 256 g/mol. The van der Waals surface area contributed by atoms with E-state index in [-0.39, 0.29) is 0 Å². The lowest BCUT2D eigenvalue weighted by Gasteiger charge is -2.07. The highest BCUT2D eigenvalue weighted by atomic mass is 35.5. The van der Waals surface area contributed by atoms with Crippen LogP contribution in [0.5, 0.6) is 0 Å². The Balaban J connectivity index is 2.38. The minimum atomic E-state index is -1.19. The number of hydrogen-bond acceptors (Lipinski definition) is 3. The molecule has 1 aromatic heterocycles. The minimum absolute atomic E-state index is 0.407. The Hall–Kier alpha value is -2.14. The van der Waals surface area contributed by atoms with Crippen molar-refractivity contribution in [3.63, 3.8) is 0 Å². The Morgan fingerprint density at radius 1 is 1.39 bits per heavy atom. The first-order valence-electron chi connectivity index (χ1n) is 5.12. The summed E-state index contributed by atoms with van der Waals surface area (Å²) in [6.07, 6.45) is 0.990. The molecule has 0 spiro atoms. The van der Waals surface area contributed by atoms with Crippen LogP contribution in [0.25, 0.3) is 10.9 Å². The smallest absolute Gasteiger partial charge is 0.312 e. The van der Waals surface area contributed by atoms with Crippen molar-refractivity contribution < 1.29 is 14.7 Å². The summed E-state index contributed by atoms with van der Waals surface area (Å²) in [6, 6.07) is 6.82. The maximum Gasteiger partial charge on any atom is 0.312 e. The zero-order valence-corrected chi connectivity index (χ0v) is 9.94. The number of nitrogens with one attached hydrogen (secondary N) is 1. The van der Waals surface area contributed by atoms with Gasteiger partial charge in [-0.1, -0.05) is 17.7 Å². The molecule has 0 aliphatic heterocycles. The van der Waals surface area contributed by atoms with Crippen LogP contribution in [0.2, 0.25) is 5.02 Å². The van der Waals surface area contributed by atoms with Crippen LogP contribution in [0.3, 0.4) is 0 Å². The molecule has 0 aliphatic rings. The Kier molecular flexibility index (Phi) is 3.43. The van der Waals surface area contributed by atoms with E-state index in [4.69, 9.17) is 16.7 Å². The van der Waals surface area contributed by atoms with E-state index in [2.05, 4.69) is 10.3 Å². The largest absolute Gasteiger partial charge is 0.481 e. The number of halogens is 1. The maximum atomic E-state index is 11.4. The Labute approximate surface area is 107 Å². The third kappa shape index (κ3) is 2.75. The Morgan fingerprint density at radius 3 is 2.89 bits per heavy atom. The van der Waals surface area contributed by atoms with Gasteiger partial charge in [0, 0.05) is 16.6 Å². The molecule has 2 N–H and O–H groups in total. The first kappa shape index (κ1) is 12.3. The van der Waals surface area contributed by atoms with Crippen molar-refractivity contribution in [1.82, 2.24) is 4.98 Å². The normalized spacial score (nSPS) is 10.3. The second-order valence-electron chi connectivity index (χ2n) is 3.65. The number of pyridine rings is 1. The molecule has 5 nitrogen and oxygen atoms in total. The molecule has 92 valence electrons. The van der Waals surface area contributed by atoms with Gasteiger partial charge in [0.2, 0.25) is 5.91 Å². The highest BCUT2D eigenvalue weighted by molar-refractivity contribution is 6.32. The fraction of sp³-hybridized carbons (Fsp3) is 0.0833. The van der Waals surface area contributed by atoms with Crippen molar-refractivity contribution in [2.24, 2.45) is 0 Å². The number of rotatable bonds is 3. The van der Waals surface area contributed by atoms with Gasteiger partial charge in [-0.25, -0.2) is 0 Å². The number of carboxylic acids is 1. The number of carbonyl (C=O) groups is 2. The van der Waals surface area contributed by atoms with Crippen molar-refractivity contribution in [1.29, 1.82) is 0 Å². The number of hydrogen-bond donors (Lipinski definition) is 2. The predicted octanol–water partition coefficient (Wildman–Crippen LogP) is 2.30. The van der Waals surface area contributed by atoms with Crippen molar-refractivity contribution in [3.05, 3.63) is 35.5 Å². The average molecular weight is 265 g/mol. The van der Waals surface area contributed by atoms with Crippen molar-refractivity contribution >= 4 is 40.1 Å². The Bertz CT molecular complexity index is 628. The molecule has 0 unspecified atom stereocenters. The van der Waals surface area contributed by atoms with Crippen LogP contribution in [-0.4, -0.2) is 22.0 Å². The standard InChI is InChI=1S/C12H9ClN2O3/c13-8-4-7-2-1-3-14-12(7)9(5-8)15-10(16)6-11(17)18/h1-5H,6H2,(H,15,16)(H,17,18). The van der Waals surface area contributed by atoms with E-state index < -0.39 is 18.3 Å². The average Bonchev–Trinajstić information content (AvgIpc) is 2.27. The molecule has 1 heterocycles. The number of aliphatic carboxylic acids is 1. The summed E-state index contributed by atoms with van der Waals surface area (Å²) in [5, 5.41) is 12.2. The summed E-state index contributed by atoms with van der Waals surface area (Å²) >= 11 is 5.92. The fourth-order valence-corrected chi connectivity index (χ4v) is 1.81. The first-order chi connectivity index (χ1) is 8.56. The number of nitrogens with zero attached hydrogens (tertiary/aromatic N) is 1. The third-order valence-corrected chi connectivity index (χ3v) is 2.47. The SMILES string of the molecule is O=C(O)CC(=O)Nc1cc(Cl)cc2cccnc12. The van der Waals surface area contributed by atoms with Crippen LogP contribution in [-0.2, 0) is 9.59 Å². The lowest BCUT2D eigenvalue weighted by Crippen LogP contribution is -2.16. The van der Waals surface area contributed by atoms with Gasteiger partial charge in [-0.05, 0) is 18.2 Å². The summed E-state index contributed by atoms with van der Waals surface area (Å²) < 4.78 is 0. The fourth-order valence-electron chi connectivity index (χ4n) is 1.58. The van der Waals surface area contributed by atoms with Crippen molar-refractivity contribution in [2.75, 3.05) is 5.32 Å². The topological polar surface area (TPSA) is 79.3 Å². The van der Waals surface area contributed by atoms with Gasteiger partial charge in [-0.3, -0.25) is 14.6 Å². The molecule has 2 aromatic rings. The summed E-state index contributed by atoms with van der Waals surface area (Å²) in [6.45, 7) is 0. The van der Waals surface area contributed by atoms with E-state index in [9.17, 15) is 9.59 Å². The summed E-state index contributed by atoms with van der Waals surface area (Å²) in [5.74, 6) is -1.80. The molecule has 2 rings (SSSR count). The number of amides is 1. The molecule has 0 saturated carbocycles.